The van der Waals surface area contributed by atoms with Crippen LogP contribution in [0.3, 0.4) is 0 Å². The minimum absolute atomic E-state index is 0.0276. The lowest BCUT2D eigenvalue weighted by Gasteiger charge is -2.21. The summed E-state index contributed by atoms with van der Waals surface area (Å²) in [6, 6.07) is 9.68. The normalized spacial score (nSPS) is 24.1. The van der Waals surface area contributed by atoms with E-state index in [9.17, 15) is 4.79 Å². The van der Waals surface area contributed by atoms with E-state index in [0.717, 1.165) is 31.5 Å². The fraction of sp³-hybridized carbons (Fsp3) is 0.429. The second kappa shape index (κ2) is 4.69. The van der Waals surface area contributed by atoms with Gasteiger partial charge in [-0.25, -0.2) is 0 Å². The highest BCUT2D eigenvalue weighted by Gasteiger charge is 2.42. The summed E-state index contributed by atoms with van der Waals surface area (Å²) in [4.78, 5) is 16.3. The molecule has 2 saturated heterocycles. The van der Waals surface area contributed by atoms with Gasteiger partial charge in [0.05, 0.1) is 5.69 Å². The molecule has 18 heavy (non-hydrogen) atoms. The van der Waals surface area contributed by atoms with Gasteiger partial charge in [-0.2, -0.15) is 0 Å². The number of carbonyl (C=O) groups excluding carboxylic acids is 1. The standard InChI is InChI=1S/C14H16N2OS/c17-13-12-9-5-2-6-10-15(12)14(18)16(13)11-7-3-1-4-8-11/h1,3-4,7-8,12H,2,5-6,9-10H2/t12-/m0/s1. The zero-order chi connectivity index (χ0) is 12.5. The first-order valence-electron chi connectivity index (χ1n) is 6.48. The molecule has 1 atom stereocenters. The summed E-state index contributed by atoms with van der Waals surface area (Å²) in [7, 11) is 0. The Morgan fingerprint density at radius 1 is 1.11 bits per heavy atom. The van der Waals surface area contributed by atoms with Crippen LogP contribution in [0.4, 0.5) is 5.69 Å². The molecule has 2 heterocycles. The summed E-state index contributed by atoms with van der Waals surface area (Å²) in [5, 5.41) is 0.679. The SMILES string of the molecule is O=C1[C@@H]2CCCCCN2C(=S)N1c1ccccc1. The van der Waals surface area contributed by atoms with Crippen LogP contribution in [0.15, 0.2) is 30.3 Å². The minimum Gasteiger partial charge on any atom is -0.336 e. The van der Waals surface area contributed by atoms with Crippen LogP contribution in [0, 0.1) is 0 Å². The molecule has 0 unspecified atom stereocenters. The molecule has 3 rings (SSSR count). The second-order valence-corrected chi connectivity index (χ2v) is 5.22. The lowest BCUT2D eigenvalue weighted by Crippen LogP contribution is -2.34. The Morgan fingerprint density at radius 2 is 1.89 bits per heavy atom. The van der Waals surface area contributed by atoms with Gasteiger partial charge >= 0.3 is 0 Å². The molecule has 0 saturated carbocycles. The molecular formula is C14H16N2OS. The largest absolute Gasteiger partial charge is 0.336 e. The molecule has 2 fully saturated rings. The Labute approximate surface area is 112 Å². The van der Waals surface area contributed by atoms with Gasteiger partial charge in [0, 0.05) is 6.54 Å². The van der Waals surface area contributed by atoms with E-state index in [1.54, 1.807) is 4.90 Å². The third-order valence-corrected chi connectivity index (χ3v) is 4.13. The van der Waals surface area contributed by atoms with E-state index in [-0.39, 0.29) is 11.9 Å². The van der Waals surface area contributed by atoms with Crippen LogP contribution >= 0.6 is 12.2 Å². The number of anilines is 1. The number of nitrogens with zero attached hydrogens (tertiary/aromatic N) is 2. The van der Waals surface area contributed by atoms with Gasteiger partial charge < -0.3 is 4.90 Å². The number of thiocarbonyl (C=S) groups is 1. The number of carbonyl (C=O) groups is 1. The summed E-state index contributed by atoms with van der Waals surface area (Å²) >= 11 is 5.49. The molecule has 2 aliphatic heterocycles. The van der Waals surface area contributed by atoms with Gasteiger partial charge in [-0.15, -0.1) is 0 Å². The first-order valence-corrected chi connectivity index (χ1v) is 6.89. The van der Waals surface area contributed by atoms with Crippen LogP contribution in [-0.4, -0.2) is 28.5 Å². The van der Waals surface area contributed by atoms with E-state index >= 15 is 0 Å². The fourth-order valence-corrected chi connectivity index (χ4v) is 3.19. The topological polar surface area (TPSA) is 23.6 Å². The third kappa shape index (κ3) is 1.81. The Bertz CT molecular complexity index is 450. The van der Waals surface area contributed by atoms with Gasteiger partial charge in [0.2, 0.25) is 0 Å². The highest BCUT2D eigenvalue weighted by molar-refractivity contribution is 7.80. The molecule has 1 amide bonds. The molecule has 2 aliphatic rings. The Hall–Kier alpha value is -1.42. The number of fused-ring (bicyclic) bond motifs is 1. The van der Waals surface area contributed by atoms with Crippen LogP contribution in [-0.2, 0) is 4.79 Å². The molecule has 0 aromatic heterocycles. The number of hydrogen-bond acceptors (Lipinski definition) is 2. The maximum absolute atomic E-state index is 12.5. The molecule has 4 heteroatoms. The van der Waals surface area contributed by atoms with Gasteiger partial charge in [-0.3, -0.25) is 9.69 Å². The number of amides is 1. The molecular weight excluding hydrogens is 244 g/mol. The molecule has 0 bridgehead atoms. The van der Waals surface area contributed by atoms with Crippen molar-refractivity contribution in [2.24, 2.45) is 0 Å². The molecule has 0 spiro atoms. The zero-order valence-corrected chi connectivity index (χ0v) is 11.0. The van der Waals surface area contributed by atoms with Gasteiger partial charge in [-0.05, 0) is 37.2 Å². The van der Waals surface area contributed by atoms with Crippen LogP contribution < -0.4 is 4.90 Å². The van der Waals surface area contributed by atoms with Crippen molar-refractivity contribution in [2.75, 3.05) is 11.4 Å². The monoisotopic (exact) mass is 260 g/mol. The summed E-state index contributed by atoms with van der Waals surface area (Å²) in [6.07, 6.45) is 4.39. The van der Waals surface area contributed by atoms with Crippen molar-refractivity contribution in [3.63, 3.8) is 0 Å². The van der Waals surface area contributed by atoms with E-state index in [1.165, 1.54) is 6.42 Å². The first-order chi connectivity index (χ1) is 8.79. The van der Waals surface area contributed by atoms with E-state index in [4.69, 9.17) is 12.2 Å². The lowest BCUT2D eigenvalue weighted by atomic mass is 10.1. The van der Waals surface area contributed by atoms with E-state index < -0.39 is 0 Å². The number of hydrogen-bond donors (Lipinski definition) is 0. The van der Waals surface area contributed by atoms with Gasteiger partial charge in [0.25, 0.3) is 5.91 Å². The molecule has 1 aromatic rings. The van der Waals surface area contributed by atoms with Gasteiger partial charge in [0.15, 0.2) is 5.11 Å². The van der Waals surface area contributed by atoms with Crippen molar-refractivity contribution in [3.05, 3.63) is 30.3 Å². The van der Waals surface area contributed by atoms with Crippen molar-refractivity contribution in [3.8, 4) is 0 Å². The van der Waals surface area contributed by atoms with E-state index in [2.05, 4.69) is 4.90 Å². The molecule has 0 N–H and O–H groups in total. The van der Waals surface area contributed by atoms with Gasteiger partial charge in [0.1, 0.15) is 6.04 Å². The molecule has 3 nitrogen and oxygen atoms in total. The van der Waals surface area contributed by atoms with E-state index in [1.807, 2.05) is 30.3 Å². The maximum Gasteiger partial charge on any atom is 0.256 e. The number of rotatable bonds is 1. The second-order valence-electron chi connectivity index (χ2n) is 4.85. The zero-order valence-electron chi connectivity index (χ0n) is 10.2. The summed E-state index contributed by atoms with van der Waals surface area (Å²) in [6.45, 7) is 0.915. The predicted molar refractivity (Wildman–Crippen MR) is 75.5 cm³/mol. The molecule has 1 aromatic carbocycles. The fourth-order valence-electron chi connectivity index (χ4n) is 2.78. The smallest absolute Gasteiger partial charge is 0.256 e. The molecule has 0 radical (unpaired) electrons. The summed E-state index contributed by atoms with van der Waals surface area (Å²) in [5.74, 6) is 0.146. The minimum atomic E-state index is -0.0276. The summed E-state index contributed by atoms with van der Waals surface area (Å²) < 4.78 is 0. The Morgan fingerprint density at radius 3 is 2.67 bits per heavy atom. The highest BCUT2D eigenvalue weighted by atomic mass is 32.1. The predicted octanol–water partition coefficient (Wildman–Crippen LogP) is 2.56. The molecule has 94 valence electrons. The average molecular weight is 260 g/mol. The molecule has 0 aliphatic carbocycles. The Kier molecular flexibility index (Phi) is 3.04. The highest BCUT2D eigenvalue weighted by Crippen LogP contribution is 2.29. The van der Waals surface area contributed by atoms with Crippen molar-refractivity contribution in [2.45, 2.75) is 31.7 Å². The van der Waals surface area contributed by atoms with Crippen molar-refractivity contribution >= 4 is 28.9 Å². The van der Waals surface area contributed by atoms with Crippen molar-refractivity contribution in [1.82, 2.24) is 4.90 Å². The van der Waals surface area contributed by atoms with Crippen LogP contribution in [0.5, 0.6) is 0 Å². The first kappa shape index (κ1) is 11.7. The van der Waals surface area contributed by atoms with Gasteiger partial charge in [-0.1, -0.05) is 31.0 Å². The number of para-hydroxylation sites is 1. The number of benzene rings is 1. The van der Waals surface area contributed by atoms with Crippen LogP contribution in [0.25, 0.3) is 0 Å². The van der Waals surface area contributed by atoms with Crippen molar-refractivity contribution < 1.29 is 4.79 Å². The average Bonchev–Trinajstić information content (AvgIpc) is 2.60. The van der Waals surface area contributed by atoms with E-state index in [0.29, 0.717) is 5.11 Å². The quantitative estimate of drug-likeness (QED) is 0.725. The maximum atomic E-state index is 12.5. The third-order valence-electron chi connectivity index (χ3n) is 3.71. The Balaban J connectivity index is 1.94. The van der Waals surface area contributed by atoms with Crippen LogP contribution in [0.2, 0.25) is 0 Å². The van der Waals surface area contributed by atoms with Crippen LogP contribution in [0.1, 0.15) is 25.7 Å². The summed E-state index contributed by atoms with van der Waals surface area (Å²) in [5.41, 5.74) is 0.889. The lowest BCUT2D eigenvalue weighted by molar-refractivity contribution is -0.119. The van der Waals surface area contributed by atoms with Crippen molar-refractivity contribution in [1.29, 1.82) is 0 Å².